The van der Waals surface area contributed by atoms with Gasteiger partial charge in [0.1, 0.15) is 18.2 Å². The molecule has 0 unspecified atom stereocenters. The molecule has 0 aliphatic rings. The molecule has 2 N–H and O–H groups in total. The molecular formula is C14H16BrN3O2. The summed E-state index contributed by atoms with van der Waals surface area (Å²) in [6, 6.07) is 7.40. The second-order valence-electron chi connectivity index (χ2n) is 4.20. The molecule has 0 aliphatic carbocycles. The van der Waals surface area contributed by atoms with Gasteiger partial charge in [-0.3, -0.25) is 0 Å². The van der Waals surface area contributed by atoms with Crippen LogP contribution >= 0.6 is 15.9 Å². The van der Waals surface area contributed by atoms with Crippen molar-refractivity contribution in [3.8, 4) is 11.6 Å². The maximum atomic E-state index is 5.77. The molecule has 2 aromatic rings. The summed E-state index contributed by atoms with van der Waals surface area (Å²) in [6.07, 6.45) is 0. The minimum atomic E-state index is 0.315. The van der Waals surface area contributed by atoms with Gasteiger partial charge < -0.3 is 15.2 Å². The minimum Gasteiger partial charge on any atom is -0.439 e. The van der Waals surface area contributed by atoms with E-state index in [1.165, 1.54) is 0 Å². The van der Waals surface area contributed by atoms with E-state index in [1.54, 1.807) is 6.07 Å². The molecule has 5 nitrogen and oxygen atoms in total. The Labute approximate surface area is 126 Å². The van der Waals surface area contributed by atoms with Crippen molar-refractivity contribution < 1.29 is 9.47 Å². The lowest BCUT2D eigenvalue weighted by Gasteiger charge is -2.10. The van der Waals surface area contributed by atoms with E-state index < -0.39 is 0 Å². The molecule has 0 fully saturated rings. The van der Waals surface area contributed by atoms with E-state index in [9.17, 15) is 0 Å². The number of nitrogens with zero attached hydrogens (tertiary/aromatic N) is 2. The number of nitrogens with two attached hydrogens (primary N) is 1. The predicted molar refractivity (Wildman–Crippen MR) is 80.7 cm³/mol. The first-order valence-corrected chi connectivity index (χ1v) is 7.03. The Morgan fingerprint density at radius 2 is 2.05 bits per heavy atom. The molecule has 1 heterocycles. The van der Waals surface area contributed by atoms with Crippen LogP contribution in [0.1, 0.15) is 18.3 Å². The number of aryl methyl sites for hydroxylation is 1. The third kappa shape index (κ3) is 3.91. The Morgan fingerprint density at radius 1 is 1.25 bits per heavy atom. The van der Waals surface area contributed by atoms with Crippen molar-refractivity contribution in [2.75, 3.05) is 12.3 Å². The normalized spacial score (nSPS) is 10.6. The number of benzene rings is 1. The average Bonchev–Trinajstić information content (AvgIpc) is 2.40. The van der Waals surface area contributed by atoms with Crippen LogP contribution in [-0.2, 0) is 11.3 Å². The first-order valence-electron chi connectivity index (χ1n) is 6.23. The highest BCUT2D eigenvalue weighted by molar-refractivity contribution is 9.10. The van der Waals surface area contributed by atoms with Crippen LogP contribution in [0.15, 0.2) is 28.7 Å². The Kier molecular flexibility index (Phi) is 4.92. The van der Waals surface area contributed by atoms with E-state index in [2.05, 4.69) is 25.9 Å². The fourth-order valence-corrected chi connectivity index (χ4v) is 1.94. The fourth-order valence-electron chi connectivity index (χ4n) is 1.60. The van der Waals surface area contributed by atoms with Crippen LogP contribution in [0.3, 0.4) is 0 Å². The molecule has 1 aromatic heterocycles. The molecule has 0 spiro atoms. The number of halogens is 1. The topological polar surface area (TPSA) is 70.3 Å². The van der Waals surface area contributed by atoms with Gasteiger partial charge in [-0.15, -0.1) is 0 Å². The third-order valence-electron chi connectivity index (χ3n) is 2.57. The van der Waals surface area contributed by atoms with Gasteiger partial charge in [-0.2, -0.15) is 4.98 Å². The molecular weight excluding hydrogens is 322 g/mol. The molecule has 0 aliphatic heterocycles. The summed E-state index contributed by atoms with van der Waals surface area (Å²) in [5.74, 6) is 2.00. The highest BCUT2D eigenvalue weighted by Gasteiger charge is 2.07. The summed E-state index contributed by atoms with van der Waals surface area (Å²) in [6.45, 7) is 4.79. The van der Waals surface area contributed by atoms with E-state index in [0.29, 0.717) is 30.7 Å². The molecule has 0 bridgehead atoms. The average molecular weight is 338 g/mol. The monoisotopic (exact) mass is 337 g/mol. The summed E-state index contributed by atoms with van der Waals surface area (Å²) >= 11 is 3.42. The largest absolute Gasteiger partial charge is 0.439 e. The number of hydrogen-bond acceptors (Lipinski definition) is 5. The Morgan fingerprint density at radius 3 is 2.80 bits per heavy atom. The molecule has 2 rings (SSSR count). The number of hydrogen-bond donors (Lipinski definition) is 1. The van der Waals surface area contributed by atoms with Crippen molar-refractivity contribution >= 4 is 21.7 Å². The van der Waals surface area contributed by atoms with Gasteiger partial charge in [0.25, 0.3) is 0 Å². The number of nitrogen functional groups attached to an aromatic ring is 1. The zero-order chi connectivity index (χ0) is 14.5. The van der Waals surface area contributed by atoms with Gasteiger partial charge >= 0.3 is 0 Å². The van der Waals surface area contributed by atoms with Crippen LogP contribution in [-0.4, -0.2) is 16.6 Å². The van der Waals surface area contributed by atoms with Gasteiger partial charge in [0.2, 0.25) is 5.88 Å². The summed E-state index contributed by atoms with van der Waals surface area (Å²) in [7, 11) is 0. The summed E-state index contributed by atoms with van der Waals surface area (Å²) in [4.78, 5) is 8.39. The highest BCUT2D eigenvalue weighted by Crippen LogP contribution is 2.27. The zero-order valence-corrected chi connectivity index (χ0v) is 13.0. The smallest absolute Gasteiger partial charge is 0.224 e. The zero-order valence-electron chi connectivity index (χ0n) is 11.4. The Balaban J connectivity index is 2.24. The van der Waals surface area contributed by atoms with Crippen molar-refractivity contribution in [3.05, 3.63) is 40.1 Å². The van der Waals surface area contributed by atoms with E-state index in [0.717, 1.165) is 15.8 Å². The van der Waals surface area contributed by atoms with Gasteiger partial charge in [0.05, 0.1) is 0 Å². The molecule has 1 aromatic carbocycles. The van der Waals surface area contributed by atoms with E-state index in [1.807, 2.05) is 32.0 Å². The first-order chi connectivity index (χ1) is 9.58. The fraction of sp³-hybridized carbons (Fsp3) is 0.286. The SMILES string of the molecule is CCOCc1nc(N)cc(Oc2cc(Br)ccc2C)n1. The van der Waals surface area contributed by atoms with Gasteiger partial charge in [-0.05, 0) is 31.5 Å². The van der Waals surface area contributed by atoms with Crippen molar-refractivity contribution in [1.29, 1.82) is 0 Å². The highest BCUT2D eigenvalue weighted by atomic mass is 79.9. The molecule has 0 atom stereocenters. The minimum absolute atomic E-state index is 0.315. The standard InChI is InChI=1S/C14H16BrN3O2/c1-3-19-8-13-17-12(16)7-14(18-13)20-11-6-10(15)5-4-9(11)2/h4-7H,3,8H2,1-2H3,(H2,16,17,18). The molecule has 106 valence electrons. The maximum absolute atomic E-state index is 5.77. The summed E-state index contributed by atoms with van der Waals surface area (Å²) in [5.41, 5.74) is 6.77. The lowest BCUT2D eigenvalue weighted by atomic mass is 10.2. The van der Waals surface area contributed by atoms with Crippen LogP contribution in [0, 0.1) is 6.92 Å². The van der Waals surface area contributed by atoms with Gasteiger partial charge in [-0.25, -0.2) is 4.98 Å². The third-order valence-corrected chi connectivity index (χ3v) is 3.06. The predicted octanol–water partition coefficient (Wildman–Crippen LogP) is 3.46. The van der Waals surface area contributed by atoms with Gasteiger partial charge in [0.15, 0.2) is 5.82 Å². The number of anilines is 1. The van der Waals surface area contributed by atoms with Crippen LogP contribution in [0.25, 0.3) is 0 Å². The van der Waals surface area contributed by atoms with Crippen molar-refractivity contribution in [2.45, 2.75) is 20.5 Å². The lowest BCUT2D eigenvalue weighted by molar-refractivity contribution is 0.128. The van der Waals surface area contributed by atoms with Crippen molar-refractivity contribution in [1.82, 2.24) is 9.97 Å². The number of ether oxygens (including phenoxy) is 2. The molecule has 0 saturated carbocycles. The molecule has 20 heavy (non-hydrogen) atoms. The number of rotatable bonds is 5. The van der Waals surface area contributed by atoms with Crippen LogP contribution in [0.5, 0.6) is 11.6 Å². The summed E-state index contributed by atoms with van der Waals surface area (Å²) in [5, 5.41) is 0. The number of aromatic nitrogens is 2. The van der Waals surface area contributed by atoms with E-state index >= 15 is 0 Å². The maximum Gasteiger partial charge on any atom is 0.224 e. The second-order valence-corrected chi connectivity index (χ2v) is 5.11. The van der Waals surface area contributed by atoms with Crippen LogP contribution in [0.4, 0.5) is 5.82 Å². The summed E-state index contributed by atoms with van der Waals surface area (Å²) < 4.78 is 12.0. The Bertz CT molecular complexity index is 605. The van der Waals surface area contributed by atoms with Gasteiger partial charge in [0, 0.05) is 17.1 Å². The molecule has 0 saturated heterocycles. The van der Waals surface area contributed by atoms with Crippen molar-refractivity contribution in [3.63, 3.8) is 0 Å². The quantitative estimate of drug-likeness (QED) is 0.904. The van der Waals surface area contributed by atoms with Gasteiger partial charge in [-0.1, -0.05) is 22.0 Å². The second kappa shape index (κ2) is 6.67. The Hall–Kier alpha value is -1.66. The van der Waals surface area contributed by atoms with E-state index in [-0.39, 0.29) is 0 Å². The first kappa shape index (κ1) is 14.7. The van der Waals surface area contributed by atoms with Crippen LogP contribution in [0.2, 0.25) is 0 Å². The molecule has 0 amide bonds. The molecule has 0 radical (unpaired) electrons. The van der Waals surface area contributed by atoms with Crippen LogP contribution < -0.4 is 10.5 Å². The van der Waals surface area contributed by atoms with E-state index in [4.69, 9.17) is 15.2 Å². The lowest BCUT2D eigenvalue weighted by Crippen LogP contribution is -2.04. The van der Waals surface area contributed by atoms with Crippen molar-refractivity contribution in [2.24, 2.45) is 0 Å². The molecule has 6 heteroatoms.